The Morgan fingerprint density at radius 2 is 2.18 bits per heavy atom. The van der Waals surface area contributed by atoms with Gasteiger partial charge in [0.1, 0.15) is 0 Å². The van der Waals surface area contributed by atoms with E-state index in [9.17, 15) is 18.4 Å². The molecule has 5 nitrogen and oxygen atoms in total. The standard InChI is InChI=1S/C10H8F2N2O3/c11-7(12)4-14-6-3-1-2-5(9(15)16)8(6)13-10(14)17/h1-3,7H,4H2,(H,13,17)(H,15,16). The summed E-state index contributed by atoms with van der Waals surface area (Å²) in [5, 5.41) is 8.89. The Morgan fingerprint density at radius 3 is 2.76 bits per heavy atom. The molecule has 7 heteroatoms. The van der Waals surface area contributed by atoms with Gasteiger partial charge >= 0.3 is 11.7 Å². The minimum absolute atomic E-state index is 0.0608. The Hall–Kier alpha value is -2.18. The van der Waals surface area contributed by atoms with Gasteiger partial charge in [0.2, 0.25) is 0 Å². The average Bonchev–Trinajstić information content (AvgIpc) is 2.54. The summed E-state index contributed by atoms with van der Waals surface area (Å²) in [5.41, 5.74) is -0.637. The van der Waals surface area contributed by atoms with E-state index in [1.54, 1.807) is 0 Å². The molecule has 0 spiro atoms. The number of para-hydroxylation sites is 1. The SMILES string of the molecule is O=C(O)c1cccc2c1[nH]c(=O)n2CC(F)F. The molecule has 0 bridgehead atoms. The summed E-state index contributed by atoms with van der Waals surface area (Å²) in [6, 6.07) is 4.12. The average molecular weight is 242 g/mol. The third-order valence-electron chi connectivity index (χ3n) is 2.36. The highest BCUT2D eigenvalue weighted by Gasteiger charge is 2.16. The predicted octanol–water partition coefficient (Wildman–Crippen LogP) is 1.29. The fourth-order valence-corrected chi connectivity index (χ4v) is 1.68. The number of fused-ring (bicyclic) bond motifs is 1. The molecule has 90 valence electrons. The maximum atomic E-state index is 12.3. The third kappa shape index (κ3) is 1.91. The van der Waals surface area contributed by atoms with Crippen LogP contribution in [0.2, 0.25) is 0 Å². The molecule has 0 aliphatic heterocycles. The van der Waals surface area contributed by atoms with Gasteiger partial charge in [-0.15, -0.1) is 0 Å². The summed E-state index contributed by atoms with van der Waals surface area (Å²) < 4.78 is 25.4. The van der Waals surface area contributed by atoms with Crippen LogP contribution in [0.15, 0.2) is 23.0 Å². The largest absolute Gasteiger partial charge is 0.478 e. The molecule has 1 aromatic heterocycles. The van der Waals surface area contributed by atoms with Gasteiger partial charge in [-0.1, -0.05) is 6.07 Å². The van der Waals surface area contributed by atoms with Gasteiger partial charge < -0.3 is 10.1 Å². The van der Waals surface area contributed by atoms with E-state index >= 15 is 0 Å². The summed E-state index contributed by atoms with van der Waals surface area (Å²) in [4.78, 5) is 24.6. The van der Waals surface area contributed by atoms with Crippen LogP contribution in [-0.4, -0.2) is 27.1 Å². The fraction of sp³-hybridized carbons (Fsp3) is 0.200. The van der Waals surface area contributed by atoms with Crippen molar-refractivity contribution in [1.29, 1.82) is 0 Å². The first kappa shape index (κ1) is 11.3. The van der Waals surface area contributed by atoms with Gasteiger partial charge in [-0.05, 0) is 12.1 Å². The number of benzene rings is 1. The van der Waals surface area contributed by atoms with Crippen molar-refractivity contribution < 1.29 is 18.7 Å². The molecule has 0 saturated carbocycles. The van der Waals surface area contributed by atoms with E-state index in [0.29, 0.717) is 0 Å². The second-order valence-corrected chi connectivity index (χ2v) is 3.44. The molecule has 1 aromatic carbocycles. The van der Waals surface area contributed by atoms with Crippen molar-refractivity contribution in [1.82, 2.24) is 9.55 Å². The molecule has 2 N–H and O–H groups in total. The van der Waals surface area contributed by atoms with Gasteiger partial charge in [0, 0.05) is 0 Å². The first-order valence-electron chi connectivity index (χ1n) is 4.73. The molecule has 0 radical (unpaired) electrons. The molecule has 0 saturated heterocycles. The number of imidazole rings is 1. The normalized spacial score (nSPS) is 11.2. The van der Waals surface area contributed by atoms with Crippen molar-refractivity contribution in [2.45, 2.75) is 13.0 Å². The molecule has 0 atom stereocenters. The zero-order valence-corrected chi connectivity index (χ0v) is 8.48. The third-order valence-corrected chi connectivity index (χ3v) is 2.36. The van der Waals surface area contributed by atoms with Gasteiger partial charge in [-0.25, -0.2) is 18.4 Å². The van der Waals surface area contributed by atoms with E-state index in [0.717, 1.165) is 4.57 Å². The molecule has 17 heavy (non-hydrogen) atoms. The molecular formula is C10H8F2N2O3. The van der Waals surface area contributed by atoms with Crippen LogP contribution < -0.4 is 5.69 Å². The smallest absolute Gasteiger partial charge is 0.337 e. The van der Waals surface area contributed by atoms with Crippen LogP contribution >= 0.6 is 0 Å². The van der Waals surface area contributed by atoms with Gasteiger partial charge in [0.15, 0.2) is 0 Å². The molecule has 0 fully saturated rings. The molecule has 1 heterocycles. The van der Waals surface area contributed by atoms with Gasteiger partial charge in [0.05, 0.1) is 23.1 Å². The Labute approximate surface area is 93.3 Å². The van der Waals surface area contributed by atoms with Crippen LogP contribution in [0.25, 0.3) is 11.0 Å². The monoisotopic (exact) mass is 242 g/mol. The summed E-state index contributed by atoms with van der Waals surface area (Å²) >= 11 is 0. The highest BCUT2D eigenvalue weighted by Crippen LogP contribution is 2.16. The topological polar surface area (TPSA) is 75.1 Å². The maximum absolute atomic E-state index is 12.3. The highest BCUT2D eigenvalue weighted by molar-refractivity contribution is 6.00. The minimum atomic E-state index is -2.68. The second kappa shape index (κ2) is 4.00. The molecule has 2 aromatic rings. The Kier molecular flexibility index (Phi) is 2.66. The Morgan fingerprint density at radius 1 is 1.47 bits per heavy atom. The number of carbonyl (C=O) groups is 1. The lowest BCUT2D eigenvalue weighted by Gasteiger charge is -2.02. The fourth-order valence-electron chi connectivity index (χ4n) is 1.68. The summed E-state index contributed by atoms with van der Waals surface area (Å²) in [7, 11) is 0. The summed E-state index contributed by atoms with van der Waals surface area (Å²) in [6.45, 7) is -0.762. The number of aromatic amines is 1. The minimum Gasteiger partial charge on any atom is -0.478 e. The second-order valence-electron chi connectivity index (χ2n) is 3.44. The van der Waals surface area contributed by atoms with E-state index in [1.807, 2.05) is 0 Å². The predicted molar refractivity (Wildman–Crippen MR) is 55.5 cm³/mol. The number of aromatic nitrogens is 2. The number of carboxylic acid groups (broad SMARTS) is 1. The van der Waals surface area contributed by atoms with Crippen molar-refractivity contribution in [3.63, 3.8) is 0 Å². The molecule has 0 aliphatic rings. The molecule has 0 amide bonds. The summed E-state index contributed by atoms with van der Waals surface area (Å²) in [5.74, 6) is -1.22. The van der Waals surface area contributed by atoms with Crippen molar-refractivity contribution in [3.8, 4) is 0 Å². The van der Waals surface area contributed by atoms with Crippen LogP contribution in [0.1, 0.15) is 10.4 Å². The van der Waals surface area contributed by atoms with Crippen LogP contribution in [0, 0.1) is 0 Å². The van der Waals surface area contributed by atoms with Crippen LogP contribution in [0.4, 0.5) is 8.78 Å². The number of halogens is 2. The first-order chi connectivity index (χ1) is 8.00. The number of hydrogen-bond donors (Lipinski definition) is 2. The number of hydrogen-bond acceptors (Lipinski definition) is 2. The molecule has 0 aliphatic carbocycles. The van der Waals surface area contributed by atoms with Gasteiger partial charge in [0.25, 0.3) is 6.43 Å². The zero-order valence-electron chi connectivity index (χ0n) is 8.48. The number of carboxylic acids is 1. The van der Waals surface area contributed by atoms with E-state index in [2.05, 4.69) is 4.98 Å². The van der Waals surface area contributed by atoms with Gasteiger partial charge in [-0.2, -0.15) is 0 Å². The lowest BCUT2D eigenvalue weighted by atomic mass is 10.2. The van der Waals surface area contributed by atoms with Crippen molar-refractivity contribution in [2.75, 3.05) is 0 Å². The van der Waals surface area contributed by atoms with E-state index in [1.165, 1.54) is 18.2 Å². The van der Waals surface area contributed by atoms with Crippen molar-refractivity contribution >= 4 is 17.0 Å². The molecule has 2 rings (SSSR count). The number of alkyl halides is 2. The molecule has 0 unspecified atom stereocenters. The lowest BCUT2D eigenvalue weighted by molar-refractivity contribution is 0.0699. The molecular weight excluding hydrogens is 234 g/mol. The van der Waals surface area contributed by atoms with E-state index < -0.39 is 24.6 Å². The number of nitrogens with one attached hydrogen (secondary N) is 1. The lowest BCUT2D eigenvalue weighted by Crippen LogP contribution is -2.20. The Balaban J connectivity index is 2.72. The van der Waals surface area contributed by atoms with Crippen molar-refractivity contribution in [2.24, 2.45) is 0 Å². The summed E-state index contributed by atoms with van der Waals surface area (Å²) in [6.07, 6.45) is -2.68. The van der Waals surface area contributed by atoms with Gasteiger partial charge in [-0.3, -0.25) is 4.57 Å². The number of nitrogens with zero attached hydrogens (tertiary/aromatic N) is 1. The maximum Gasteiger partial charge on any atom is 0.337 e. The van der Waals surface area contributed by atoms with Crippen LogP contribution in [-0.2, 0) is 6.54 Å². The van der Waals surface area contributed by atoms with E-state index in [-0.39, 0.29) is 16.6 Å². The number of aromatic carboxylic acids is 1. The van der Waals surface area contributed by atoms with Crippen LogP contribution in [0.3, 0.4) is 0 Å². The zero-order chi connectivity index (χ0) is 12.6. The van der Waals surface area contributed by atoms with E-state index in [4.69, 9.17) is 5.11 Å². The van der Waals surface area contributed by atoms with Crippen molar-refractivity contribution in [3.05, 3.63) is 34.2 Å². The highest BCUT2D eigenvalue weighted by atomic mass is 19.3. The first-order valence-corrected chi connectivity index (χ1v) is 4.73. The van der Waals surface area contributed by atoms with Crippen LogP contribution in [0.5, 0.6) is 0 Å². The Bertz CT molecular complexity index is 630. The quantitative estimate of drug-likeness (QED) is 0.851. The number of rotatable bonds is 3. The number of H-pyrrole nitrogens is 1.